The van der Waals surface area contributed by atoms with Gasteiger partial charge in [-0.25, -0.2) is 15.0 Å². The summed E-state index contributed by atoms with van der Waals surface area (Å²) in [6.45, 7) is 27.1. The molecular formula is C69H63N7. The molecule has 0 aliphatic rings. The van der Waals surface area contributed by atoms with Crippen molar-refractivity contribution in [3.8, 4) is 68.8 Å². The predicted molar refractivity (Wildman–Crippen MR) is 314 cm³/mol. The van der Waals surface area contributed by atoms with Crippen LogP contribution in [0.2, 0.25) is 0 Å². The highest BCUT2D eigenvalue weighted by Crippen LogP contribution is 2.43. The smallest absolute Gasteiger partial charge is 0.164 e. The minimum absolute atomic E-state index is 0.0420. The molecule has 0 N–H and O–H groups in total. The van der Waals surface area contributed by atoms with Crippen LogP contribution < -0.4 is 0 Å². The van der Waals surface area contributed by atoms with E-state index >= 15 is 0 Å². The Morgan fingerprint density at radius 1 is 0.342 bits per heavy atom. The Bertz CT molecular complexity index is 4060. The first-order chi connectivity index (χ1) is 36.1. The fraction of sp³-hybridized carbons (Fsp3) is 0.232. The normalized spacial score (nSPS) is 12.4. The van der Waals surface area contributed by atoms with Gasteiger partial charge in [0, 0.05) is 43.8 Å². The summed E-state index contributed by atoms with van der Waals surface area (Å²) >= 11 is 0. The molecule has 11 rings (SSSR count). The lowest BCUT2D eigenvalue weighted by Gasteiger charge is -2.19. The van der Waals surface area contributed by atoms with E-state index in [0.717, 1.165) is 66.5 Å². The molecule has 76 heavy (non-hydrogen) atoms. The number of hydrogen-bond acceptors (Lipinski definition) is 5. The fourth-order valence-electron chi connectivity index (χ4n) is 10.6. The van der Waals surface area contributed by atoms with Gasteiger partial charge in [-0.3, -0.25) is 0 Å². The van der Waals surface area contributed by atoms with Gasteiger partial charge in [0.15, 0.2) is 17.5 Å². The van der Waals surface area contributed by atoms with Gasteiger partial charge in [0.25, 0.3) is 0 Å². The molecule has 7 nitrogen and oxygen atoms in total. The Labute approximate surface area is 446 Å². The third-order valence-electron chi connectivity index (χ3n) is 15.1. The molecule has 3 heterocycles. The summed E-state index contributed by atoms with van der Waals surface area (Å²) in [7, 11) is 0. The van der Waals surface area contributed by atoms with Crippen LogP contribution in [-0.2, 0) is 21.7 Å². The van der Waals surface area contributed by atoms with Crippen molar-refractivity contribution >= 4 is 43.6 Å². The van der Waals surface area contributed by atoms with Gasteiger partial charge in [0.1, 0.15) is 6.07 Å². The third kappa shape index (κ3) is 8.80. The fourth-order valence-corrected chi connectivity index (χ4v) is 10.6. The highest BCUT2D eigenvalue weighted by molar-refractivity contribution is 6.11. The van der Waals surface area contributed by atoms with Crippen LogP contribution in [0.1, 0.15) is 116 Å². The highest BCUT2D eigenvalue weighted by atomic mass is 15.0. The Hall–Kier alpha value is -8.65. The van der Waals surface area contributed by atoms with Crippen molar-refractivity contribution in [2.75, 3.05) is 0 Å². The maximum absolute atomic E-state index is 11.1. The van der Waals surface area contributed by atoms with E-state index in [4.69, 9.17) is 15.0 Å². The van der Waals surface area contributed by atoms with Crippen molar-refractivity contribution in [3.63, 3.8) is 0 Å². The average Bonchev–Trinajstić information content (AvgIpc) is 4.02. The Morgan fingerprint density at radius 3 is 1.11 bits per heavy atom. The Kier molecular flexibility index (Phi) is 11.8. The first-order valence-electron chi connectivity index (χ1n) is 26.3. The third-order valence-corrected chi connectivity index (χ3v) is 15.1. The Morgan fingerprint density at radius 2 is 0.711 bits per heavy atom. The molecule has 0 bridgehead atoms. The molecule has 3 aromatic heterocycles. The molecule has 374 valence electrons. The van der Waals surface area contributed by atoms with Crippen LogP contribution in [0.3, 0.4) is 0 Å². The van der Waals surface area contributed by atoms with Crippen LogP contribution in [0.4, 0.5) is 0 Å². The number of benzene rings is 8. The second-order valence-corrected chi connectivity index (χ2v) is 24.5. The summed E-state index contributed by atoms with van der Waals surface area (Å²) in [6.07, 6.45) is 0. The first-order valence-corrected chi connectivity index (χ1v) is 26.3. The van der Waals surface area contributed by atoms with Gasteiger partial charge >= 0.3 is 0 Å². The zero-order chi connectivity index (χ0) is 53.6. The number of fused-ring (bicyclic) bond motifs is 6. The van der Waals surface area contributed by atoms with E-state index in [2.05, 4.69) is 195 Å². The summed E-state index contributed by atoms with van der Waals surface area (Å²) in [4.78, 5) is 15.6. The van der Waals surface area contributed by atoms with E-state index in [9.17, 15) is 10.5 Å². The average molecular weight is 990 g/mol. The molecule has 0 unspecified atom stereocenters. The lowest BCUT2D eigenvalue weighted by Crippen LogP contribution is -2.10. The summed E-state index contributed by atoms with van der Waals surface area (Å²) in [5, 5.41) is 25.7. The van der Waals surface area contributed by atoms with Gasteiger partial charge in [-0.15, -0.1) is 0 Å². The van der Waals surface area contributed by atoms with E-state index in [1.54, 1.807) is 0 Å². The van der Waals surface area contributed by atoms with Gasteiger partial charge < -0.3 is 9.13 Å². The molecule has 0 aliphatic carbocycles. The van der Waals surface area contributed by atoms with Crippen molar-refractivity contribution in [3.05, 3.63) is 197 Å². The minimum atomic E-state index is -0.0428. The van der Waals surface area contributed by atoms with Crippen LogP contribution in [0.15, 0.2) is 164 Å². The second kappa shape index (κ2) is 18.0. The van der Waals surface area contributed by atoms with Gasteiger partial charge in [0.05, 0.1) is 50.6 Å². The number of nitriles is 2. The standard InChI is InChI=1S/C69H63N7/c1-66(2,3)48-24-30-59-53(36-48)54-37-49(67(4,5)6)25-31-60(54)75(59)57-28-22-45(34-47(57)41-71)64-72-63(44-16-14-13-15-17-44)73-65(74-64)46-23-29-58(52(35-46)43-20-18-42(40-70)19-21-43)76-61-32-26-50(68(7,8)9)38-55(61)56-39-51(69(10,11)12)27-33-62(56)76/h13-39H,1-12H3. The second-order valence-electron chi connectivity index (χ2n) is 24.5. The SMILES string of the molecule is CC(C)(C)c1ccc2c(c1)c1cc(C(C)(C)C)ccc1n2-c1ccc(-c2nc(-c3ccccc3)nc(-c3ccc(-n4c5ccc(C(C)(C)C)cc5c5cc(C(C)(C)C)ccc54)c(-c4ccc(C#N)cc4)c3)n2)cc1C#N. The summed E-state index contributed by atoms with van der Waals surface area (Å²) in [5.41, 5.74) is 16.3. The largest absolute Gasteiger partial charge is 0.309 e. The van der Waals surface area contributed by atoms with Gasteiger partial charge in [-0.2, -0.15) is 10.5 Å². The van der Waals surface area contributed by atoms with Gasteiger partial charge in [-0.1, -0.05) is 150 Å². The monoisotopic (exact) mass is 990 g/mol. The first kappa shape index (κ1) is 49.6. The molecule has 0 fully saturated rings. The van der Waals surface area contributed by atoms with Crippen LogP contribution in [0, 0.1) is 22.7 Å². The van der Waals surface area contributed by atoms with Crippen LogP contribution in [-0.4, -0.2) is 24.1 Å². The molecule has 11 aromatic rings. The van der Waals surface area contributed by atoms with E-state index in [1.807, 2.05) is 72.8 Å². The molecule has 7 heteroatoms. The zero-order valence-corrected chi connectivity index (χ0v) is 45.7. The number of nitrogens with zero attached hydrogens (tertiary/aromatic N) is 7. The van der Waals surface area contributed by atoms with Crippen molar-refractivity contribution in [1.82, 2.24) is 24.1 Å². The summed E-state index contributed by atoms with van der Waals surface area (Å²) < 4.78 is 4.61. The lowest BCUT2D eigenvalue weighted by atomic mass is 9.85. The zero-order valence-electron chi connectivity index (χ0n) is 45.7. The molecule has 0 saturated carbocycles. The molecule has 8 aromatic carbocycles. The molecule has 0 amide bonds. The van der Waals surface area contributed by atoms with Crippen molar-refractivity contribution in [1.29, 1.82) is 10.5 Å². The van der Waals surface area contributed by atoms with Crippen LogP contribution in [0.25, 0.3) is 100 Å². The molecule has 0 aliphatic heterocycles. The summed E-state index contributed by atoms with van der Waals surface area (Å²) in [5.74, 6) is 1.46. The van der Waals surface area contributed by atoms with Gasteiger partial charge in [-0.05, 0) is 147 Å². The molecule has 0 spiro atoms. The maximum Gasteiger partial charge on any atom is 0.164 e. The number of aromatic nitrogens is 5. The van der Waals surface area contributed by atoms with Crippen molar-refractivity contribution in [2.45, 2.75) is 105 Å². The van der Waals surface area contributed by atoms with E-state index in [-0.39, 0.29) is 21.7 Å². The topological polar surface area (TPSA) is 96.1 Å². The lowest BCUT2D eigenvalue weighted by molar-refractivity contribution is 0.590. The molecule has 0 radical (unpaired) electrons. The summed E-state index contributed by atoms with van der Waals surface area (Å²) in [6, 6.07) is 62.3. The van der Waals surface area contributed by atoms with E-state index < -0.39 is 0 Å². The quantitative estimate of drug-likeness (QED) is 0.165. The number of hydrogen-bond donors (Lipinski definition) is 0. The number of rotatable bonds is 6. The van der Waals surface area contributed by atoms with Crippen molar-refractivity contribution < 1.29 is 0 Å². The van der Waals surface area contributed by atoms with Crippen LogP contribution >= 0.6 is 0 Å². The van der Waals surface area contributed by atoms with Crippen molar-refractivity contribution in [2.24, 2.45) is 0 Å². The predicted octanol–water partition coefficient (Wildman–Crippen LogP) is 17.7. The highest BCUT2D eigenvalue weighted by Gasteiger charge is 2.26. The molecule has 0 saturated heterocycles. The van der Waals surface area contributed by atoms with E-state index in [0.29, 0.717) is 34.2 Å². The molecule has 0 atom stereocenters. The Balaban J connectivity index is 1.11. The molecular weight excluding hydrogens is 927 g/mol. The minimum Gasteiger partial charge on any atom is -0.309 e. The van der Waals surface area contributed by atoms with Gasteiger partial charge in [0.2, 0.25) is 0 Å². The maximum atomic E-state index is 11.1. The van der Waals surface area contributed by atoms with Crippen LogP contribution in [0.5, 0.6) is 0 Å². The van der Waals surface area contributed by atoms with E-state index in [1.165, 1.54) is 33.0 Å².